The Morgan fingerprint density at radius 2 is 1.67 bits per heavy atom. The molecule has 4 fully saturated rings. The van der Waals surface area contributed by atoms with Crippen LogP contribution < -0.4 is 21.3 Å². The lowest BCUT2D eigenvalue weighted by Crippen LogP contribution is -2.73. The first-order chi connectivity index (χ1) is 21.3. The number of sulfone groups is 1. The van der Waals surface area contributed by atoms with E-state index in [1.807, 2.05) is 27.7 Å². The summed E-state index contributed by atoms with van der Waals surface area (Å²) >= 11 is 0. The van der Waals surface area contributed by atoms with Crippen LogP contribution in [0.1, 0.15) is 92.9 Å². The second kappa shape index (κ2) is 14.4. The Labute approximate surface area is 274 Å². The monoisotopic (exact) mass is 665 g/mol. The van der Waals surface area contributed by atoms with Gasteiger partial charge in [-0.1, -0.05) is 73.3 Å². The zero-order valence-corrected chi connectivity index (χ0v) is 29.5. The van der Waals surface area contributed by atoms with E-state index in [0.29, 0.717) is 25.8 Å². The van der Waals surface area contributed by atoms with E-state index < -0.39 is 68.5 Å². The number of Topliss-reactive ketones (excluding diaryl/α,β-unsaturated/α-hetero) is 1. The zero-order chi connectivity index (χ0) is 34.7. The third-order valence-corrected chi connectivity index (χ3v) is 11.3. The predicted octanol–water partition coefficient (Wildman–Crippen LogP) is 2.48. The van der Waals surface area contributed by atoms with Gasteiger partial charge in [-0.05, 0) is 48.3 Å². The van der Waals surface area contributed by atoms with Crippen molar-refractivity contribution in [1.29, 1.82) is 0 Å². The number of ketones is 1. The van der Waals surface area contributed by atoms with Crippen LogP contribution in [0.4, 0.5) is 4.79 Å². The molecule has 0 aromatic carbocycles. The number of carbonyl (C=O) groups excluding carboxylic acids is 5. The van der Waals surface area contributed by atoms with Crippen molar-refractivity contribution in [2.75, 3.05) is 25.1 Å². The van der Waals surface area contributed by atoms with E-state index in [4.69, 9.17) is 0 Å². The van der Waals surface area contributed by atoms with Gasteiger partial charge in [-0.25, -0.2) is 13.2 Å². The SMILES string of the molecule is C=CCNC(=O)C(=O)C(CCC)NC(=O)[C@@H]1[C@H]2C[C@@H](CN1C(=O)[C@@H](NC(=O)NC1(CS(C)(=O)=O)CCCCC1)C(C)(C)C)C2(C)C. The minimum Gasteiger partial charge on any atom is -0.346 e. The molecule has 4 rings (SSSR count). The number of urea groups is 1. The van der Waals surface area contributed by atoms with Crippen molar-refractivity contribution in [1.82, 2.24) is 26.2 Å². The fraction of sp³-hybridized carbons (Fsp3) is 0.788. The van der Waals surface area contributed by atoms with E-state index in [1.165, 1.54) is 11.0 Å². The highest BCUT2D eigenvalue weighted by atomic mass is 32.2. The summed E-state index contributed by atoms with van der Waals surface area (Å²) in [7, 11) is -3.39. The quantitative estimate of drug-likeness (QED) is 0.173. The van der Waals surface area contributed by atoms with Gasteiger partial charge in [0.25, 0.3) is 5.91 Å². The van der Waals surface area contributed by atoms with E-state index in [1.54, 1.807) is 0 Å². The number of hydrogen-bond acceptors (Lipinski definition) is 7. The lowest BCUT2D eigenvalue weighted by atomic mass is 9.49. The van der Waals surface area contributed by atoms with Crippen LogP contribution in [0.25, 0.3) is 0 Å². The summed E-state index contributed by atoms with van der Waals surface area (Å²) in [5, 5.41) is 11.1. The lowest BCUT2D eigenvalue weighted by Gasteiger charge is -2.63. The van der Waals surface area contributed by atoms with E-state index in [9.17, 15) is 32.4 Å². The minimum absolute atomic E-state index is 0.115. The van der Waals surface area contributed by atoms with E-state index >= 15 is 0 Å². The van der Waals surface area contributed by atoms with Crippen molar-refractivity contribution in [2.24, 2.45) is 22.7 Å². The third-order valence-electron chi connectivity index (χ3n) is 10.2. The lowest BCUT2D eigenvalue weighted by molar-refractivity contribution is -0.179. The van der Waals surface area contributed by atoms with Gasteiger partial charge in [-0.2, -0.15) is 0 Å². The second-order valence-electron chi connectivity index (χ2n) is 15.3. The van der Waals surface area contributed by atoms with Gasteiger partial charge in [0.1, 0.15) is 21.9 Å². The number of nitrogens with one attached hydrogen (secondary N) is 4. The summed E-state index contributed by atoms with van der Waals surface area (Å²) in [4.78, 5) is 69.0. The largest absolute Gasteiger partial charge is 0.346 e. The smallest absolute Gasteiger partial charge is 0.315 e. The molecule has 4 aliphatic rings. The molecule has 2 bridgehead atoms. The summed E-state index contributed by atoms with van der Waals surface area (Å²) in [5.74, 6) is -2.70. The number of nitrogens with zero attached hydrogens (tertiary/aromatic N) is 1. The van der Waals surface area contributed by atoms with Gasteiger partial charge in [0.05, 0.1) is 17.3 Å². The van der Waals surface area contributed by atoms with Crippen LogP contribution in [0, 0.1) is 22.7 Å². The van der Waals surface area contributed by atoms with Crippen molar-refractivity contribution in [3.8, 4) is 0 Å². The summed E-state index contributed by atoms with van der Waals surface area (Å²) in [5.41, 5.74) is -1.90. The van der Waals surface area contributed by atoms with Gasteiger partial charge < -0.3 is 26.2 Å². The molecule has 2 saturated heterocycles. The van der Waals surface area contributed by atoms with Crippen molar-refractivity contribution < 1.29 is 32.4 Å². The fourth-order valence-corrected chi connectivity index (χ4v) is 8.87. The molecule has 2 aliphatic carbocycles. The highest BCUT2D eigenvalue weighted by Gasteiger charge is 2.61. The maximum Gasteiger partial charge on any atom is 0.315 e. The average Bonchev–Trinajstić information content (AvgIpc) is 2.95. The predicted molar refractivity (Wildman–Crippen MR) is 176 cm³/mol. The van der Waals surface area contributed by atoms with Gasteiger partial charge in [-0.3, -0.25) is 19.2 Å². The van der Waals surface area contributed by atoms with Gasteiger partial charge in [0.15, 0.2) is 0 Å². The molecule has 260 valence electrons. The molecular formula is C33H55N5O7S. The third kappa shape index (κ3) is 8.68. The Kier molecular flexibility index (Phi) is 11.8. The molecule has 1 unspecified atom stereocenters. The maximum absolute atomic E-state index is 14.4. The Morgan fingerprint density at radius 1 is 1.04 bits per heavy atom. The number of hydrogen-bond donors (Lipinski definition) is 4. The molecular weight excluding hydrogens is 610 g/mol. The van der Waals surface area contributed by atoms with Crippen molar-refractivity contribution in [2.45, 2.75) is 117 Å². The molecule has 2 heterocycles. The Balaban J connectivity index is 1.87. The molecule has 0 radical (unpaired) electrons. The normalized spacial score (nSPS) is 24.8. The van der Waals surface area contributed by atoms with Crippen LogP contribution >= 0.6 is 0 Å². The van der Waals surface area contributed by atoms with Crippen molar-refractivity contribution in [3.63, 3.8) is 0 Å². The number of amides is 5. The van der Waals surface area contributed by atoms with Crippen LogP contribution in [0.15, 0.2) is 12.7 Å². The highest BCUT2D eigenvalue weighted by molar-refractivity contribution is 7.90. The molecule has 2 saturated carbocycles. The first-order valence-corrected chi connectivity index (χ1v) is 18.6. The second-order valence-corrected chi connectivity index (χ2v) is 17.5. The van der Waals surface area contributed by atoms with E-state index in [-0.39, 0.29) is 36.0 Å². The van der Waals surface area contributed by atoms with Gasteiger partial charge in [-0.15, -0.1) is 6.58 Å². The van der Waals surface area contributed by atoms with Crippen LogP contribution in [-0.4, -0.2) is 91.6 Å². The number of rotatable bonds is 13. The molecule has 4 N–H and O–H groups in total. The summed E-state index contributed by atoms with van der Waals surface area (Å²) in [6.07, 6.45) is 7.74. The van der Waals surface area contributed by atoms with Gasteiger partial charge in [0.2, 0.25) is 17.6 Å². The standard InChI is InChI=1S/C33H55N5O7S/c1-9-14-23(25(39)28(41)34-17-10-2)35-27(40)24-22-18-21(32(22,6)7)19-38(24)29(42)26(31(3,4)5)36-30(43)37-33(20-46(8,44)45)15-12-11-13-16-33/h10,21-24,26H,2,9,11-20H2,1,3-8H3,(H,34,41)(H,35,40)(H2,36,37,43)/t21-,22+,23?,24-,26+/m0/s1. The van der Waals surface area contributed by atoms with Crippen LogP contribution in [0.5, 0.6) is 0 Å². The average molecular weight is 666 g/mol. The molecule has 0 aromatic heterocycles. The number of fused-ring (bicyclic) bond motifs is 2. The Bertz CT molecular complexity index is 1300. The molecule has 5 atom stereocenters. The molecule has 12 nitrogen and oxygen atoms in total. The Hall–Kier alpha value is -2.96. The minimum atomic E-state index is -3.39. The van der Waals surface area contributed by atoms with Gasteiger partial charge >= 0.3 is 6.03 Å². The first kappa shape index (κ1) is 37.5. The summed E-state index contributed by atoms with van der Waals surface area (Å²) < 4.78 is 24.6. The topological polar surface area (TPSA) is 171 Å². The van der Waals surface area contributed by atoms with Crippen LogP contribution in [0.2, 0.25) is 0 Å². The Morgan fingerprint density at radius 3 is 2.20 bits per heavy atom. The molecule has 5 amide bonds. The highest BCUT2D eigenvalue weighted by Crippen LogP contribution is 2.57. The molecule has 0 aromatic rings. The van der Waals surface area contributed by atoms with Crippen LogP contribution in [-0.2, 0) is 29.0 Å². The van der Waals surface area contributed by atoms with E-state index in [0.717, 1.165) is 31.9 Å². The van der Waals surface area contributed by atoms with Gasteiger partial charge in [0, 0.05) is 19.3 Å². The molecule has 2 aliphatic heterocycles. The van der Waals surface area contributed by atoms with E-state index in [2.05, 4.69) is 41.7 Å². The van der Waals surface area contributed by atoms with Crippen molar-refractivity contribution in [3.05, 3.63) is 12.7 Å². The van der Waals surface area contributed by atoms with Crippen molar-refractivity contribution >= 4 is 39.4 Å². The number of piperidine rings is 2. The molecule has 46 heavy (non-hydrogen) atoms. The zero-order valence-electron chi connectivity index (χ0n) is 28.7. The summed E-state index contributed by atoms with van der Waals surface area (Å²) in [6, 6.07) is -3.61. The first-order valence-electron chi connectivity index (χ1n) is 16.6. The van der Waals surface area contributed by atoms with Crippen LogP contribution in [0.3, 0.4) is 0 Å². The number of carbonyl (C=O) groups is 5. The summed E-state index contributed by atoms with van der Waals surface area (Å²) in [6.45, 7) is 15.4. The maximum atomic E-state index is 14.4. The molecule has 13 heteroatoms. The molecule has 0 spiro atoms. The fourth-order valence-electron chi connectivity index (χ4n) is 7.50.